The molecule has 3 aromatic rings. The number of amides is 2. The normalized spacial score (nSPS) is 16.1. The van der Waals surface area contributed by atoms with Crippen LogP contribution in [0.5, 0.6) is 5.75 Å². The summed E-state index contributed by atoms with van der Waals surface area (Å²) in [4.78, 5) is 19.3. The lowest BCUT2D eigenvalue weighted by molar-refractivity contribution is 0.0736. The van der Waals surface area contributed by atoms with E-state index in [0.717, 1.165) is 5.56 Å². The van der Waals surface area contributed by atoms with Crippen LogP contribution in [-0.2, 0) is 4.74 Å². The summed E-state index contributed by atoms with van der Waals surface area (Å²) in [6.45, 7) is 6.84. The third-order valence-electron chi connectivity index (χ3n) is 5.78. The number of benzene rings is 2. The maximum atomic E-state index is 13.4. The first kappa shape index (κ1) is 24.4. The fraction of sp³-hybridized carbons (Fsp3) is 0.346. The molecule has 1 N–H and O–H groups in total. The first-order valence-electron chi connectivity index (χ1n) is 11.5. The summed E-state index contributed by atoms with van der Waals surface area (Å²) in [5.74, 6) is 0.984. The Balaban J connectivity index is 1.70. The second kappa shape index (κ2) is 10.7. The molecule has 1 atom stereocenters. The van der Waals surface area contributed by atoms with Gasteiger partial charge in [0.1, 0.15) is 11.6 Å². The summed E-state index contributed by atoms with van der Waals surface area (Å²) in [6, 6.07) is 12.6. The molecule has 0 fully saturated rings. The quantitative estimate of drug-likeness (QED) is 0.424. The smallest absolute Gasteiger partial charge is 0.322 e. The number of allylic oxidation sites excluding steroid dienone is 1. The van der Waals surface area contributed by atoms with Crippen LogP contribution in [0.1, 0.15) is 44.7 Å². The van der Waals surface area contributed by atoms with Gasteiger partial charge >= 0.3 is 6.03 Å². The second-order valence-electron chi connectivity index (χ2n) is 8.51. The molecular formula is C26H29FN4O4. The van der Waals surface area contributed by atoms with Gasteiger partial charge in [-0.05, 0) is 69.2 Å². The molecule has 2 heterocycles. The van der Waals surface area contributed by atoms with Crippen molar-refractivity contribution in [2.75, 3.05) is 20.3 Å². The zero-order valence-electron chi connectivity index (χ0n) is 20.2. The van der Waals surface area contributed by atoms with Crippen LogP contribution in [0.25, 0.3) is 17.0 Å². The standard InChI is InChI=1S/C26H29FN4O4/c1-16(2)34-15-5-14-31-17(3)22(23(28-26(31)32)18-8-12-21(33-4)13-9-18)25-29-24(30-35-25)19-6-10-20(27)11-7-19/h6-13,16,23H,5,14-15H2,1-4H3,(H,28,32). The van der Waals surface area contributed by atoms with Crippen molar-refractivity contribution < 1.29 is 23.2 Å². The molecule has 0 saturated heterocycles. The van der Waals surface area contributed by atoms with Crippen LogP contribution in [0.4, 0.5) is 9.18 Å². The van der Waals surface area contributed by atoms with Crippen molar-refractivity contribution in [3.05, 3.63) is 71.5 Å². The van der Waals surface area contributed by atoms with Crippen molar-refractivity contribution in [2.45, 2.75) is 39.3 Å². The number of urea groups is 1. The molecule has 0 saturated carbocycles. The van der Waals surface area contributed by atoms with Gasteiger partial charge in [0.15, 0.2) is 0 Å². The van der Waals surface area contributed by atoms with E-state index in [1.807, 2.05) is 45.0 Å². The van der Waals surface area contributed by atoms with Crippen LogP contribution < -0.4 is 10.1 Å². The number of carbonyl (C=O) groups excluding carboxylic acids is 1. The topological polar surface area (TPSA) is 89.7 Å². The maximum absolute atomic E-state index is 13.4. The molecule has 0 bridgehead atoms. The van der Waals surface area contributed by atoms with Crippen LogP contribution in [-0.4, -0.2) is 47.4 Å². The zero-order chi connectivity index (χ0) is 24.9. The molecule has 1 aliphatic heterocycles. The van der Waals surface area contributed by atoms with Gasteiger partial charge < -0.3 is 19.3 Å². The van der Waals surface area contributed by atoms with E-state index < -0.39 is 6.04 Å². The Morgan fingerprint density at radius 1 is 1.14 bits per heavy atom. The zero-order valence-corrected chi connectivity index (χ0v) is 20.2. The molecule has 1 unspecified atom stereocenters. The number of nitrogens with zero attached hydrogens (tertiary/aromatic N) is 3. The summed E-state index contributed by atoms with van der Waals surface area (Å²) in [7, 11) is 1.60. The number of ether oxygens (including phenoxy) is 2. The van der Waals surface area contributed by atoms with Crippen molar-refractivity contribution in [3.8, 4) is 17.1 Å². The van der Waals surface area contributed by atoms with Crippen molar-refractivity contribution >= 4 is 11.6 Å². The average Bonchev–Trinajstić information content (AvgIpc) is 3.33. The monoisotopic (exact) mass is 480 g/mol. The number of hydrogen-bond donors (Lipinski definition) is 1. The van der Waals surface area contributed by atoms with Crippen LogP contribution in [0.3, 0.4) is 0 Å². The number of hydrogen-bond acceptors (Lipinski definition) is 6. The summed E-state index contributed by atoms with van der Waals surface area (Å²) < 4.78 is 29.9. The van der Waals surface area contributed by atoms with E-state index in [1.54, 1.807) is 24.1 Å². The molecule has 9 heteroatoms. The predicted molar refractivity (Wildman–Crippen MR) is 129 cm³/mol. The third kappa shape index (κ3) is 5.51. The van der Waals surface area contributed by atoms with Crippen LogP contribution in [0.15, 0.2) is 58.8 Å². The Hall–Kier alpha value is -3.72. The van der Waals surface area contributed by atoms with Crippen LogP contribution >= 0.6 is 0 Å². The summed E-state index contributed by atoms with van der Waals surface area (Å²) in [5.41, 5.74) is 2.88. The van der Waals surface area contributed by atoms with Crippen molar-refractivity contribution in [2.24, 2.45) is 0 Å². The molecule has 0 spiro atoms. The molecule has 1 aromatic heterocycles. The minimum absolute atomic E-state index is 0.125. The van der Waals surface area contributed by atoms with Crippen LogP contribution in [0, 0.1) is 5.82 Å². The van der Waals surface area contributed by atoms with E-state index in [-0.39, 0.29) is 23.8 Å². The second-order valence-corrected chi connectivity index (χ2v) is 8.51. The van der Waals surface area contributed by atoms with Crippen molar-refractivity contribution in [3.63, 3.8) is 0 Å². The largest absolute Gasteiger partial charge is 0.497 e. The highest BCUT2D eigenvalue weighted by atomic mass is 19.1. The number of aromatic nitrogens is 2. The molecular weight excluding hydrogens is 451 g/mol. The van der Waals surface area contributed by atoms with Gasteiger partial charge in [-0.15, -0.1) is 0 Å². The summed E-state index contributed by atoms with van der Waals surface area (Å²) >= 11 is 0. The summed E-state index contributed by atoms with van der Waals surface area (Å²) in [5, 5.41) is 7.18. The minimum atomic E-state index is -0.502. The Bertz CT molecular complexity index is 1190. The Kier molecular flexibility index (Phi) is 7.45. The van der Waals surface area contributed by atoms with E-state index >= 15 is 0 Å². The molecule has 184 valence electrons. The van der Waals surface area contributed by atoms with Gasteiger partial charge in [0.05, 0.1) is 24.8 Å². The van der Waals surface area contributed by atoms with E-state index in [9.17, 15) is 9.18 Å². The van der Waals surface area contributed by atoms with Gasteiger partial charge in [0.2, 0.25) is 5.82 Å². The van der Waals surface area contributed by atoms with Gasteiger partial charge in [-0.1, -0.05) is 17.3 Å². The number of methoxy groups -OCH3 is 1. The van der Waals surface area contributed by atoms with E-state index in [2.05, 4.69) is 15.5 Å². The Labute approximate surface area is 203 Å². The molecule has 35 heavy (non-hydrogen) atoms. The minimum Gasteiger partial charge on any atom is -0.497 e. The highest BCUT2D eigenvalue weighted by Gasteiger charge is 2.35. The third-order valence-corrected chi connectivity index (χ3v) is 5.78. The Morgan fingerprint density at radius 2 is 1.86 bits per heavy atom. The van der Waals surface area contributed by atoms with Crippen LogP contribution in [0.2, 0.25) is 0 Å². The molecule has 8 nitrogen and oxygen atoms in total. The van der Waals surface area contributed by atoms with Crippen molar-refractivity contribution in [1.29, 1.82) is 0 Å². The van der Waals surface area contributed by atoms with Gasteiger partial charge in [0, 0.05) is 24.4 Å². The van der Waals surface area contributed by atoms with E-state index in [0.29, 0.717) is 48.0 Å². The number of nitrogens with one attached hydrogen (secondary N) is 1. The fourth-order valence-electron chi connectivity index (χ4n) is 3.96. The highest BCUT2D eigenvalue weighted by Crippen LogP contribution is 2.37. The molecule has 0 radical (unpaired) electrons. The van der Waals surface area contributed by atoms with Crippen molar-refractivity contribution in [1.82, 2.24) is 20.4 Å². The van der Waals surface area contributed by atoms with E-state index in [1.165, 1.54) is 12.1 Å². The highest BCUT2D eigenvalue weighted by molar-refractivity contribution is 5.86. The number of rotatable bonds is 9. The predicted octanol–water partition coefficient (Wildman–Crippen LogP) is 5.20. The van der Waals surface area contributed by atoms with Gasteiger partial charge in [-0.2, -0.15) is 4.98 Å². The Morgan fingerprint density at radius 3 is 2.51 bits per heavy atom. The molecule has 2 aromatic carbocycles. The maximum Gasteiger partial charge on any atom is 0.322 e. The van der Waals surface area contributed by atoms with Gasteiger partial charge in [-0.25, -0.2) is 9.18 Å². The fourth-order valence-corrected chi connectivity index (χ4v) is 3.96. The average molecular weight is 481 g/mol. The lowest BCUT2D eigenvalue weighted by Crippen LogP contribution is -2.46. The first-order valence-corrected chi connectivity index (χ1v) is 11.5. The molecule has 1 aliphatic rings. The van der Waals surface area contributed by atoms with E-state index in [4.69, 9.17) is 14.0 Å². The first-order chi connectivity index (χ1) is 16.9. The number of halogens is 1. The van der Waals surface area contributed by atoms with Gasteiger partial charge in [-0.3, -0.25) is 4.90 Å². The molecule has 0 aliphatic carbocycles. The number of carbonyl (C=O) groups is 1. The lowest BCUT2D eigenvalue weighted by Gasteiger charge is -2.35. The lowest BCUT2D eigenvalue weighted by atomic mass is 9.94. The molecule has 4 rings (SSSR count). The molecule has 2 amide bonds. The summed E-state index contributed by atoms with van der Waals surface area (Å²) in [6.07, 6.45) is 0.800. The SMILES string of the molecule is COc1ccc(C2NC(=O)N(CCCOC(C)C)C(C)=C2c2nc(-c3ccc(F)cc3)no2)cc1. The van der Waals surface area contributed by atoms with Gasteiger partial charge in [0.25, 0.3) is 5.89 Å².